The minimum atomic E-state index is -5.00. The van der Waals surface area contributed by atoms with E-state index in [-0.39, 0.29) is 23.9 Å². The average Bonchev–Trinajstić information content (AvgIpc) is 2.92. The van der Waals surface area contributed by atoms with Gasteiger partial charge < -0.3 is 19.6 Å². The molecule has 0 saturated carbocycles. The molecule has 0 bridgehead atoms. The molecular weight excluding hydrogens is 557 g/mol. The van der Waals surface area contributed by atoms with Crippen LogP contribution in [0.5, 0.6) is 0 Å². The smallest absolute Gasteiger partial charge is 0.394 e. The van der Waals surface area contributed by atoms with E-state index in [1.165, 1.54) is 64.2 Å². The van der Waals surface area contributed by atoms with Crippen molar-refractivity contribution in [1.82, 2.24) is 0 Å². The van der Waals surface area contributed by atoms with Gasteiger partial charge in [-0.15, -0.1) is 0 Å². The Morgan fingerprint density at radius 2 is 1.00 bits per heavy atom. The Morgan fingerprint density at radius 3 is 1.31 bits per heavy atom. The number of phosphoric ester groups is 1. The summed E-state index contributed by atoms with van der Waals surface area (Å²) in [5.74, 6) is -1.02. The fraction of sp³-hybridized carbons (Fsp3) is 0.938. The molecule has 0 aromatic heterocycles. The van der Waals surface area contributed by atoms with E-state index in [2.05, 4.69) is 13.8 Å². The highest BCUT2D eigenvalue weighted by Gasteiger charge is 2.54. The summed E-state index contributed by atoms with van der Waals surface area (Å²) in [6.07, 6.45) is 17.9. The zero-order valence-electron chi connectivity index (χ0n) is 27.6. The lowest BCUT2D eigenvalue weighted by molar-refractivity contribution is -0.874. The lowest BCUT2D eigenvalue weighted by atomic mass is 9.86. The normalized spacial score (nSPS) is 13.9. The second-order valence-corrected chi connectivity index (χ2v) is 14.3. The average molecular weight is 623 g/mol. The van der Waals surface area contributed by atoms with Gasteiger partial charge in [0.25, 0.3) is 0 Å². The number of aliphatic hydroxyl groups is 2. The summed E-state index contributed by atoms with van der Waals surface area (Å²) in [6.45, 7) is 2.83. The SMILES string of the molecule is CCCCCCCCCCCC(=O)C(C[N+](C)(C)C)(OP(=O)(O)OC(CO)CO)C(=O)CCCCCCCCCCC. The zero-order chi connectivity index (χ0) is 31.9. The Hall–Kier alpha value is -0.670. The van der Waals surface area contributed by atoms with Gasteiger partial charge in [-0.2, -0.15) is 0 Å². The van der Waals surface area contributed by atoms with Crippen LogP contribution in [0.3, 0.4) is 0 Å². The van der Waals surface area contributed by atoms with Crippen molar-refractivity contribution < 1.29 is 42.8 Å². The van der Waals surface area contributed by atoms with Crippen LogP contribution in [0.25, 0.3) is 0 Å². The van der Waals surface area contributed by atoms with Crippen molar-refractivity contribution in [1.29, 1.82) is 0 Å². The highest BCUT2D eigenvalue weighted by molar-refractivity contribution is 7.47. The van der Waals surface area contributed by atoms with Crippen LogP contribution in [0, 0.1) is 0 Å². The first kappa shape index (κ1) is 41.3. The number of nitrogens with zero attached hydrogens (tertiary/aromatic N) is 1. The number of phosphoric acid groups is 1. The molecule has 0 aromatic rings. The van der Waals surface area contributed by atoms with Gasteiger partial charge in [-0.3, -0.25) is 18.6 Å². The van der Waals surface area contributed by atoms with Crippen molar-refractivity contribution in [2.45, 2.75) is 154 Å². The highest BCUT2D eigenvalue weighted by atomic mass is 31.2. The van der Waals surface area contributed by atoms with Crippen molar-refractivity contribution in [3.05, 3.63) is 0 Å². The number of carbonyl (C=O) groups is 2. The zero-order valence-corrected chi connectivity index (χ0v) is 28.5. The fourth-order valence-corrected chi connectivity index (χ4v) is 6.47. The van der Waals surface area contributed by atoms with Crippen molar-refractivity contribution in [2.24, 2.45) is 0 Å². The summed E-state index contributed by atoms with van der Waals surface area (Å²) >= 11 is 0. The first-order valence-corrected chi connectivity index (χ1v) is 18.2. The third-order valence-electron chi connectivity index (χ3n) is 7.57. The molecule has 0 aliphatic heterocycles. The number of ketones is 2. The number of likely N-dealkylation sites (N-methyl/N-ethyl adjacent to an activating group) is 1. The predicted molar refractivity (Wildman–Crippen MR) is 169 cm³/mol. The fourth-order valence-electron chi connectivity index (χ4n) is 5.26. The molecule has 0 aliphatic rings. The summed E-state index contributed by atoms with van der Waals surface area (Å²) in [4.78, 5) is 38.2. The summed E-state index contributed by atoms with van der Waals surface area (Å²) in [5.41, 5.74) is -2.15. The quantitative estimate of drug-likeness (QED) is 0.0341. The third-order valence-corrected chi connectivity index (χ3v) is 8.68. The summed E-state index contributed by atoms with van der Waals surface area (Å²) < 4.78 is 23.8. The maximum absolute atomic E-state index is 13.8. The predicted octanol–water partition coefficient (Wildman–Crippen LogP) is 6.90. The molecule has 0 rings (SSSR count). The van der Waals surface area contributed by atoms with Gasteiger partial charge in [0.2, 0.25) is 5.60 Å². The molecule has 0 aromatic carbocycles. The number of rotatable bonds is 30. The summed E-state index contributed by atoms with van der Waals surface area (Å²) in [6, 6.07) is 0. The number of Topliss-reactive ketones (excluding diaryl/α,β-unsaturated/α-hetero) is 2. The van der Waals surface area contributed by atoms with E-state index in [4.69, 9.17) is 9.05 Å². The number of aliphatic hydroxyl groups excluding tert-OH is 2. The van der Waals surface area contributed by atoms with E-state index < -0.39 is 44.3 Å². The van der Waals surface area contributed by atoms with E-state index in [0.29, 0.717) is 12.8 Å². The van der Waals surface area contributed by atoms with Gasteiger partial charge in [-0.1, -0.05) is 117 Å². The van der Waals surface area contributed by atoms with E-state index in [1.807, 2.05) is 0 Å². The molecule has 3 N–H and O–H groups in total. The minimum Gasteiger partial charge on any atom is -0.394 e. The highest BCUT2D eigenvalue weighted by Crippen LogP contribution is 2.50. The molecule has 0 spiro atoms. The molecule has 10 heteroatoms. The Morgan fingerprint density at radius 1 is 0.667 bits per heavy atom. The molecule has 0 amide bonds. The Kier molecular flexibility index (Phi) is 23.3. The van der Waals surface area contributed by atoms with Gasteiger partial charge in [-0.05, 0) is 12.8 Å². The molecule has 0 fully saturated rings. The largest absolute Gasteiger partial charge is 0.474 e. The number of hydrogen-bond acceptors (Lipinski definition) is 7. The minimum absolute atomic E-state index is 0.0583. The molecule has 9 nitrogen and oxygen atoms in total. The molecular formula is C32H65NO8P+. The molecule has 0 saturated heterocycles. The lowest BCUT2D eigenvalue weighted by Crippen LogP contribution is -2.59. The number of quaternary nitrogens is 1. The van der Waals surface area contributed by atoms with E-state index in [1.54, 1.807) is 21.1 Å². The van der Waals surface area contributed by atoms with Crippen LogP contribution in [0.4, 0.5) is 0 Å². The van der Waals surface area contributed by atoms with E-state index >= 15 is 0 Å². The van der Waals surface area contributed by atoms with Gasteiger partial charge in [0, 0.05) is 12.8 Å². The van der Waals surface area contributed by atoms with Crippen LogP contribution in [0.1, 0.15) is 142 Å². The lowest BCUT2D eigenvalue weighted by Gasteiger charge is -2.37. The van der Waals surface area contributed by atoms with Crippen LogP contribution in [-0.2, 0) is 23.2 Å². The molecule has 0 heterocycles. The van der Waals surface area contributed by atoms with Crippen molar-refractivity contribution in [2.75, 3.05) is 40.9 Å². The van der Waals surface area contributed by atoms with Crippen LogP contribution >= 0.6 is 7.82 Å². The third kappa shape index (κ3) is 19.6. The molecule has 0 aliphatic carbocycles. The first-order chi connectivity index (χ1) is 19.9. The molecule has 1 unspecified atom stereocenters. The van der Waals surface area contributed by atoms with Gasteiger partial charge >= 0.3 is 7.82 Å². The van der Waals surface area contributed by atoms with Crippen molar-refractivity contribution in [3.8, 4) is 0 Å². The Bertz CT molecular complexity index is 717. The van der Waals surface area contributed by atoms with Gasteiger partial charge in [-0.25, -0.2) is 4.57 Å². The maximum atomic E-state index is 13.8. The van der Waals surface area contributed by atoms with Crippen molar-refractivity contribution in [3.63, 3.8) is 0 Å². The van der Waals surface area contributed by atoms with Gasteiger partial charge in [0.15, 0.2) is 11.6 Å². The van der Waals surface area contributed by atoms with Crippen molar-refractivity contribution >= 4 is 19.4 Å². The monoisotopic (exact) mass is 622 g/mol. The van der Waals surface area contributed by atoms with E-state index in [0.717, 1.165) is 38.5 Å². The summed E-state index contributed by atoms with van der Waals surface area (Å²) in [5, 5.41) is 18.8. The van der Waals surface area contributed by atoms with E-state index in [9.17, 15) is 29.3 Å². The standard InChI is InChI=1S/C32H64NO8P/c1-6-8-10-12-14-16-18-20-22-24-30(36)32(28-33(3,4)5,41-42(38,39)40-29(26-34)27-35)31(37)25-23-21-19-17-15-13-11-9-7-2/h29,34-35H,6-28H2,1-5H3/p+1. The number of hydrogen-bond donors (Lipinski definition) is 3. The van der Waals surface area contributed by atoms with Crippen LogP contribution in [0.2, 0.25) is 0 Å². The Labute approximate surface area is 257 Å². The Balaban J connectivity index is 5.52. The first-order valence-electron chi connectivity index (χ1n) is 16.7. The maximum Gasteiger partial charge on any atom is 0.474 e. The summed E-state index contributed by atoms with van der Waals surface area (Å²) in [7, 11) is 0.389. The van der Waals surface area contributed by atoms with Crippen LogP contribution in [0.15, 0.2) is 0 Å². The molecule has 250 valence electrons. The number of unbranched alkanes of at least 4 members (excludes halogenated alkanes) is 16. The number of carbonyl (C=O) groups excluding carboxylic acids is 2. The van der Waals surface area contributed by atoms with Gasteiger partial charge in [0.1, 0.15) is 12.6 Å². The molecule has 0 radical (unpaired) electrons. The second kappa shape index (κ2) is 23.7. The van der Waals surface area contributed by atoms with Gasteiger partial charge in [0.05, 0.1) is 34.4 Å². The topological polar surface area (TPSA) is 130 Å². The molecule has 42 heavy (non-hydrogen) atoms. The van der Waals surface area contributed by atoms with Crippen LogP contribution < -0.4 is 0 Å². The second-order valence-electron chi connectivity index (χ2n) is 12.9. The molecule has 1 atom stereocenters. The van der Waals surface area contributed by atoms with Crippen LogP contribution in [-0.4, -0.2) is 83.8 Å².